The fourth-order valence-corrected chi connectivity index (χ4v) is 2.34. The molecular formula is C18H38N6O6. The first-order valence-corrected chi connectivity index (χ1v) is 10.0. The standard InChI is InChI=1S/C12H24N6O4.C6H14O2/c1-8(2)6-9(7-19)16-11(20)10(17-18(21)22)4-3-5-15-12(13)14;1-4-7-6(3)8-5-2/h7-10,17H,3-6H2,1-2H3,(H,16,20)(H4,13,14,15);6H,4-5H2,1-3H3/t9-,10-;/m0./s1. The maximum Gasteiger partial charge on any atom is 0.248 e. The molecule has 1 amide bonds. The molecule has 0 aromatic carbocycles. The molecule has 6 N–H and O–H groups in total. The van der Waals surface area contributed by atoms with E-state index >= 15 is 0 Å². The summed E-state index contributed by atoms with van der Waals surface area (Å²) in [6.45, 7) is 11.3. The summed E-state index contributed by atoms with van der Waals surface area (Å²) >= 11 is 0. The molecule has 0 bridgehead atoms. The van der Waals surface area contributed by atoms with Crippen molar-refractivity contribution in [2.75, 3.05) is 19.8 Å². The average molecular weight is 435 g/mol. The monoisotopic (exact) mass is 434 g/mol. The van der Waals surface area contributed by atoms with Crippen molar-refractivity contribution < 1.29 is 24.1 Å². The highest BCUT2D eigenvalue weighted by atomic mass is 16.7. The lowest BCUT2D eigenvalue weighted by Crippen LogP contribution is -2.50. The second-order valence-electron chi connectivity index (χ2n) is 6.75. The Morgan fingerprint density at radius 2 is 1.77 bits per heavy atom. The fourth-order valence-electron chi connectivity index (χ4n) is 2.34. The van der Waals surface area contributed by atoms with E-state index in [4.69, 9.17) is 20.9 Å². The van der Waals surface area contributed by atoms with Gasteiger partial charge in [0.05, 0.1) is 6.04 Å². The molecule has 0 unspecified atom stereocenters. The molecule has 0 aliphatic rings. The van der Waals surface area contributed by atoms with Crippen LogP contribution in [0, 0.1) is 16.0 Å². The number of hydrazine groups is 1. The number of hydrogen-bond donors (Lipinski definition) is 4. The Hall–Kier alpha value is -2.47. The molecule has 0 heterocycles. The van der Waals surface area contributed by atoms with E-state index in [2.05, 4.69) is 10.3 Å². The molecule has 0 spiro atoms. The van der Waals surface area contributed by atoms with Gasteiger partial charge in [0.15, 0.2) is 23.3 Å². The van der Waals surface area contributed by atoms with Gasteiger partial charge < -0.3 is 31.1 Å². The zero-order valence-corrected chi connectivity index (χ0v) is 18.6. The van der Waals surface area contributed by atoms with Gasteiger partial charge in [-0.1, -0.05) is 13.8 Å². The summed E-state index contributed by atoms with van der Waals surface area (Å²) < 4.78 is 10.1. The van der Waals surface area contributed by atoms with Gasteiger partial charge in [0.25, 0.3) is 0 Å². The van der Waals surface area contributed by atoms with Crippen LogP contribution in [0.1, 0.15) is 53.9 Å². The number of carbonyl (C=O) groups is 2. The van der Waals surface area contributed by atoms with Crippen LogP contribution in [0.25, 0.3) is 0 Å². The number of nitro groups is 1. The first-order valence-electron chi connectivity index (χ1n) is 10.0. The van der Waals surface area contributed by atoms with Gasteiger partial charge in [-0.2, -0.15) is 0 Å². The van der Waals surface area contributed by atoms with Crippen LogP contribution in [0.3, 0.4) is 0 Å². The smallest absolute Gasteiger partial charge is 0.248 e. The summed E-state index contributed by atoms with van der Waals surface area (Å²) in [5.41, 5.74) is 12.3. The van der Waals surface area contributed by atoms with Gasteiger partial charge in [-0.05, 0) is 46.0 Å². The van der Waals surface area contributed by atoms with Gasteiger partial charge in [-0.25, -0.2) is 10.1 Å². The quantitative estimate of drug-likeness (QED) is 0.0536. The van der Waals surface area contributed by atoms with Crippen LogP contribution < -0.4 is 22.2 Å². The third-order valence-corrected chi connectivity index (χ3v) is 3.54. The van der Waals surface area contributed by atoms with Crippen LogP contribution in [0.15, 0.2) is 4.99 Å². The lowest BCUT2D eigenvalue weighted by Gasteiger charge is -2.18. The molecule has 0 aliphatic carbocycles. The van der Waals surface area contributed by atoms with Crippen molar-refractivity contribution >= 4 is 18.2 Å². The van der Waals surface area contributed by atoms with E-state index in [1.165, 1.54) is 0 Å². The summed E-state index contributed by atoms with van der Waals surface area (Å²) in [4.78, 5) is 37.3. The predicted molar refractivity (Wildman–Crippen MR) is 114 cm³/mol. The Labute approximate surface area is 178 Å². The van der Waals surface area contributed by atoms with Crippen LogP contribution in [0.2, 0.25) is 0 Å². The van der Waals surface area contributed by atoms with Crippen molar-refractivity contribution in [2.24, 2.45) is 22.4 Å². The molecule has 12 heteroatoms. The SMILES string of the molecule is CC(C)C[C@@H](C=O)NC(=O)[C@H](CCCN=C(N)N)N[N+](=O)[O-].CCOC(C)OCC. The third kappa shape index (κ3) is 18.9. The van der Waals surface area contributed by atoms with Crippen LogP contribution in [-0.2, 0) is 19.1 Å². The highest BCUT2D eigenvalue weighted by Crippen LogP contribution is 2.05. The number of carbonyl (C=O) groups excluding carboxylic acids is 2. The van der Waals surface area contributed by atoms with E-state index in [0.29, 0.717) is 19.1 Å². The zero-order chi connectivity index (χ0) is 23.5. The zero-order valence-electron chi connectivity index (χ0n) is 18.6. The Morgan fingerprint density at radius 1 is 1.20 bits per heavy atom. The second kappa shape index (κ2) is 18.6. The molecule has 176 valence electrons. The number of ether oxygens (including phenoxy) is 2. The van der Waals surface area contributed by atoms with Gasteiger partial charge in [-0.3, -0.25) is 9.79 Å². The summed E-state index contributed by atoms with van der Waals surface area (Å²) in [5.74, 6) is -0.473. The summed E-state index contributed by atoms with van der Waals surface area (Å²) in [7, 11) is 0. The van der Waals surface area contributed by atoms with Crippen LogP contribution in [0.5, 0.6) is 0 Å². The normalized spacial score (nSPS) is 12.4. The number of aldehydes is 1. The molecule has 12 nitrogen and oxygen atoms in total. The van der Waals surface area contributed by atoms with Crippen LogP contribution in [0.4, 0.5) is 0 Å². The highest BCUT2D eigenvalue weighted by molar-refractivity contribution is 5.84. The minimum Gasteiger partial charge on any atom is -0.370 e. The Morgan fingerprint density at radius 3 is 2.17 bits per heavy atom. The molecule has 0 rings (SSSR count). The predicted octanol–water partition coefficient (Wildman–Crippen LogP) is 0.325. The van der Waals surface area contributed by atoms with E-state index in [1.54, 1.807) is 0 Å². The van der Waals surface area contributed by atoms with Crippen molar-refractivity contribution in [3.8, 4) is 0 Å². The number of amides is 1. The minimum atomic E-state index is -1.06. The molecule has 2 atom stereocenters. The van der Waals surface area contributed by atoms with Gasteiger partial charge in [0, 0.05) is 19.8 Å². The minimum absolute atomic E-state index is 0.0370. The Balaban J connectivity index is 0. The molecule has 0 saturated heterocycles. The van der Waals surface area contributed by atoms with Gasteiger partial charge >= 0.3 is 0 Å². The Bertz CT molecular complexity index is 507. The van der Waals surface area contributed by atoms with E-state index in [1.807, 2.05) is 40.0 Å². The number of rotatable bonds is 15. The van der Waals surface area contributed by atoms with Crippen LogP contribution in [-0.4, -0.2) is 61.3 Å². The van der Waals surface area contributed by atoms with Crippen LogP contribution >= 0.6 is 0 Å². The third-order valence-electron chi connectivity index (χ3n) is 3.54. The molecule has 0 aliphatic heterocycles. The van der Waals surface area contributed by atoms with E-state index < -0.39 is 23.0 Å². The van der Waals surface area contributed by atoms with Gasteiger partial charge in [0.2, 0.25) is 5.91 Å². The number of guanidine groups is 1. The van der Waals surface area contributed by atoms with E-state index in [-0.39, 0.29) is 31.1 Å². The molecule has 0 aromatic rings. The maximum absolute atomic E-state index is 12.0. The average Bonchev–Trinajstić information content (AvgIpc) is 2.63. The number of nitrogens with zero attached hydrogens (tertiary/aromatic N) is 2. The molecule has 0 radical (unpaired) electrons. The first kappa shape index (κ1) is 29.7. The van der Waals surface area contributed by atoms with Gasteiger partial charge in [0.1, 0.15) is 6.29 Å². The molecule has 0 fully saturated rings. The van der Waals surface area contributed by atoms with Crippen molar-refractivity contribution in [2.45, 2.75) is 72.3 Å². The largest absolute Gasteiger partial charge is 0.370 e. The molecular weight excluding hydrogens is 396 g/mol. The Kier molecular flexibility index (Phi) is 18.4. The number of hydrogen-bond acceptors (Lipinski definition) is 7. The van der Waals surface area contributed by atoms with Gasteiger partial charge in [-0.15, -0.1) is 5.43 Å². The number of nitrogens with one attached hydrogen (secondary N) is 2. The molecule has 0 saturated carbocycles. The van der Waals surface area contributed by atoms with E-state index in [9.17, 15) is 19.7 Å². The van der Waals surface area contributed by atoms with Crippen molar-refractivity contribution in [1.82, 2.24) is 10.7 Å². The first-order chi connectivity index (χ1) is 14.1. The molecule has 30 heavy (non-hydrogen) atoms. The van der Waals surface area contributed by atoms with Crippen molar-refractivity contribution in [1.29, 1.82) is 0 Å². The summed E-state index contributed by atoms with van der Waals surface area (Å²) in [5, 5.41) is 12.3. The summed E-state index contributed by atoms with van der Waals surface area (Å²) in [6.07, 6.45) is 1.60. The lowest BCUT2D eigenvalue weighted by atomic mass is 10.0. The van der Waals surface area contributed by atoms with Crippen molar-refractivity contribution in [3.05, 3.63) is 10.1 Å². The topological polar surface area (TPSA) is 184 Å². The number of aliphatic imine (C=N–C) groups is 1. The molecule has 0 aromatic heterocycles. The fraction of sp³-hybridized carbons (Fsp3) is 0.833. The van der Waals surface area contributed by atoms with Crippen molar-refractivity contribution in [3.63, 3.8) is 0 Å². The van der Waals surface area contributed by atoms with E-state index in [0.717, 1.165) is 13.2 Å². The summed E-state index contributed by atoms with van der Waals surface area (Å²) in [6, 6.07) is -1.72. The highest BCUT2D eigenvalue weighted by Gasteiger charge is 2.25. The lowest BCUT2D eigenvalue weighted by molar-refractivity contribution is -0.548. The number of nitrogens with two attached hydrogens (primary N) is 2. The maximum atomic E-state index is 12.0. The second-order valence-corrected chi connectivity index (χ2v) is 6.75.